The van der Waals surface area contributed by atoms with E-state index in [0.717, 1.165) is 36.5 Å². The van der Waals surface area contributed by atoms with Gasteiger partial charge in [-0.05, 0) is 43.4 Å². The summed E-state index contributed by atoms with van der Waals surface area (Å²) in [7, 11) is 0. The van der Waals surface area contributed by atoms with Gasteiger partial charge in [-0.2, -0.15) is 15.0 Å². The van der Waals surface area contributed by atoms with E-state index >= 15 is 0 Å². The number of hydrogen-bond acceptors (Lipinski definition) is 7. The van der Waals surface area contributed by atoms with Crippen LogP contribution in [0.2, 0.25) is 5.02 Å². The summed E-state index contributed by atoms with van der Waals surface area (Å²) in [5.74, 6) is 2.51. The summed E-state index contributed by atoms with van der Waals surface area (Å²) in [4.78, 5) is 16.0. The lowest BCUT2D eigenvalue weighted by Gasteiger charge is -2.27. The van der Waals surface area contributed by atoms with Crippen LogP contribution in [0.15, 0.2) is 24.3 Å². The van der Waals surface area contributed by atoms with Crippen LogP contribution in [-0.2, 0) is 11.3 Å². The van der Waals surface area contributed by atoms with E-state index in [9.17, 15) is 0 Å². The summed E-state index contributed by atoms with van der Waals surface area (Å²) in [5, 5.41) is 7.47. The molecule has 29 heavy (non-hydrogen) atoms. The van der Waals surface area contributed by atoms with Gasteiger partial charge in [0.25, 0.3) is 0 Å². The van der Waals surface area contributed by atoms with Gasteiger partial charge in [0.05, 0.1) is 13.2 Å². The number of anilines is 3. The van der Waals surface area contributed by atoms with Crippen molar-refractivity contribution in [1.82, 2.24) is 15.0 Å². The summed E-state index contributed by atoms with van der Waals surface area (Å²) in [6.07, 6.45) is 2.23. The SMILES string of the molecule is CC(C)CCC(C)Nc1nc(NCc2cccc(Cl)c2)nc(N2CCOCC2)n1. The molecule has 1 aliphatic heterocycles. The lowest BCUT2D eigenvalue weighted by molar-refractivity contribution is 0.122. The first-order chi connectivity index (χ1) is 14.0. The van der Waals surface area contributed by atoms with Gasteiger partial charge < -0.3 is 20.3 Å². The lowest BCUT2D eigenvalue weighted by Crippen LogP contribution is -2.37. The zero-order valence-electron chi connectivity index (χ0n) is 17.5. The summed E-state index contributed by atoms with van der Waals surface area (Å²) in [5.41, 5.74) is 1.07. The topological polar surface area (TPSA) is 75.2 Å². The van der Waals surface area contributed by atoms with E-state index in [-0.39, 0.29) is 6.04 Å². The van der Waals surface area contributed by atoms with Crippen molar-refractivity contribution in [3.05, 3.63) is 34.9 Å². The Labute approximate surface area is 178 Å². The number of rotatable bonds is 9. The van der Waals surface area contributed by atoms with E-state index in [2.05, 4.69) is 51.3 Å². The van der Waals surface area contributed by atoms with Gasteiger partial charge in [0.1, 0.15) is 0 Å². The molecule has 7 nitrogen and oxygen atoms in total. The number of nitrogens with one attached hydrogen (secondary N) is 2. The smallest absolute Gasteiger partial charge is 0.232 e. The maximum atomic E-state index is 6.09. The van der Waals surface area contributed by atoms with Crippen molar-refractivity contribution >= 4 is 29.4 Å². The molecule has 1 saturated heterocycles. The van der Waals surface area contributed by atoms with E-state index in [0.29, 0.717) is 43.5 Å². The van der Waals surface area contributed by atoms with Crippen LogP contribution < -0.4 is 15.5 Å². The maximum absolute atomic E-state index is 6.09. The molecule has 0 amide bonds. The van der Waals surface area contributed by atoms with Crippen LogP contribution in [0.4, 0.5) is 17.8 Å². The van der Waals surface area contributed by atoms with Crippen LogP contribution in [-0.4, -0.2) is 47.3 Å². The molecule has 1 fully saturated rings. The van der Waals surface area contributed by atoms with Gasteiger partial charge in [-0.3, -0.25) is 0 Å². The Morgan fingerprint density at radius 2 is 1.83 bits per heavy atom. The highest BCUT2D eigenvalue weighted by Gasteiger charge is 2.17. The van der Waals surface area contributed by atoms with Crippen LogP contribution >= 0.6 is 11.6 Å². The van der Waals surface area contributed by atoms with Gasteiger partial charge in [0, 0.05) is 30.7 Å². The third-order valence-corrected chi connectivity index (χ3v) is 5.04. The zero-order chi connectivity index (χ0) is 20.6. The van der Waals surface area contributed by atoms with E-state index < -0.39 is 0 Å². The van der Waals surface area contributed by atoms with E-state index in [1.165, 1.54) is 0 Å². The summed E-state index contributed by atoms with van der Waals surface area (Å²) in [6, 6.07) is 8.06. The molecule has 2 N–H and O–H groups in total. The average molecular weight is 419 g/mol. The van der Waals surface area contributed by atoms with Crippen LogP contribution in [0.25, 0.3) is 0 Å². The molecule has 0 bridgehead atoms. The van der Waals surface area contributed by atoms with Gasteiger partial charge in [-0.25, -0.2) is 0 Å². The molecule has 158 valence electrons. The zero-order valence-corrected chi connectivity index (χ0v) is 18.2. The Balaban J connectivity index is 1.74. The second kappa shape index (κ2) is 10.6. The van der Waals surface area contributed by atoms with E-state index in [1.807, 2.05) is 24.3 Å². The Bertz CT molecular complexity index is 782. The lowest BCUT2D eigenvalue weighted by atomic mass is 10.0. The number of ether oxygens (including phenoxy) is 1. The first-order valence-electron chi connectivity index (χ1n) is 10.3. The minimum Gasteiger partial charge on any atom is -0.378 e. The molecule has 1 aromatic heterocycles. The molecule has 0 aliphatic carbocycles. The second-order valence-electron chi connectivity index (χ2n) is 7.88. The highest BCUT2D eigenvalue weighted by molar-refractivity contribution is 6.30. The third-order valence-electron chi connectivity index (χ3n) is 4.81. The summed E-state index contributed by atoms with van der Waals surface area (Å²) < 4.78 is 5.46. The van der Waals surface area contributed by atoms with Crippen molar-refractivity contribution in [3.8, 4) is 0 Å². The number of aromatic nitrogens is 3. The van der Waals surface area contributed by atoms with Crippen LogP contribution in [0.3, 0.4) is 0 Å². The van der Waals surface area contributed by atoms with Gasteiger partial charge in [0.2, 0.25) is 17.8 Å². The quantitative estimate of drug-likeness (QED) is 0.631. The highest BCUT2D eigenvalue weighted by Crippen LogP contribution is 2.18. The summed E-state index contributed by atoms with van der Waals surface area (Å²) in [6.45, 7) is 10.2. The Hall–Kier alpha value is -2.12. The number of hydrogen-bond donors (Lipinski definition) is 2. The average Bonchev–Trinajstić information content (AvgIpc) is 2.71. The van der Waals surface area contributed by atoms with Crippen LogP contribution in [0.5, 0.6) is 0 Å². The molecule has 1 aromatic carbocycles. The minimum atomic E-state index is 0.290. The maximum Gasteiger partial charge on any atom is 0.232 e. The number of morpholine rings is 1. The predicted octanol–water partition coefficient (Wildman–Crippen LogP) is 4.21. The van der Waals surface area contributed by atoms with Gasteiger partial charge in [-0.1, -0.05) is 37.6 Å². The van der Waals surface area contributed by atoms with Gasteiger partial charge >= 0.3 is 0 Å². The number of halogens is 1. The van der Waals surface area contributed by atoms with Crippen LogP contribution in [0, 0.1) is 5.92 Å². The minimum absolute atomic E-state index is 0.290. The van der Waals surface area contributed by atoms with E-state index in [1.54, 1.807) is 0 Å². The molecular weight excluding hydrogens is 388 g/mol. The standard InChI is InChI=1S/C21H31ClN6O/c1-15(2)7-8-16(3)24-20-25-19(23-14-17-5-4-6-18(22)13-17)26-21(27-20)28-9-11-29-12-10-28/h4-6,13,15-16H,7-12,14H2,1-3H3,(H2,23,24,25,26,27). The molecule has 0 spiro atoms. The fraction of sp³-hybridized carbons (Fsp3) is 0.571. The van der Waals surface area contributed by atoms with Crippen molar-refractivity contribution in [2.24, 2.45) is 5.92 Å². The van der Waals surface area contributed by atoms with Crippen molar-refractivity contribution in [3.63, 3.8) is 0 Å². The number of nitrogens with zero attached hydrogens (tertiary/aromatic N) is 4. The summed E-state index contributed by atoms with van der Waals surface area (Å²) >= 11 is 6.09. The van der Waals surface area contributed by atoms with E-state index in [4.69, 9.17) is 16.3 Å². The second-order valence-corrected chi connectivity index (χ2v) is 8.32. The van der Waals surface area contributed by atoms with Crippen LogP contribution in [0.1, 0.15) is 39.2 Å². The monoisotopic (exact) mass is 418 g/mol. The normalized spacial score (nSPS) is 15.4. The Morgan fingerprint density at radius 3 is 2.55 bits per heavy atom. The van der Waals surface area contributed by atoms with Crippen molar-refractivity contribution in [2.75, 3.05) is 41.8 Å². The highest BCUT2D eigenvalue weighted by atomic mass is 35.5. The molecule has 0 radical (unpaired) electrons. The molecule has 2 heterocycles. The molecular formula is C21H31ClN6O. The molecule has 1 atom stereocenters. The molecule has 8 heteroatoms. The third kappa shape index (κ3) is 7.01. The fourth-order valence-electron chi connectivity index (χ4n) is 3.12. The Kier molecular flexibility index (Phi) is 7.89. The molecule has 2 aromatic rings. The first-order valence-corrected chi connectivity index (χ1v) is 10.7. The molecule has 0 saturated carbocycles. The Morgan fingerprint density at radius 1 is 1.07 bits per heavy atom. The molecule has 3 rings (SSSR count). The van der Waals surface area contributed by atoms with Crippen molar-refractivity contribution in [2.45, 2.75) is 46.2 Å². The largest absolute Gasteiger partial charge is 0.378 e. The van der Waals surface area contributed by atoms with Crippen molar-refractivity contribution in [1.29, 1.82) is 0 Å². The fourth-order valence-corrected chi connectivity index (χ4v) is 3.33. The number of benzene rings is 1. The van der Waals surface area contributed by atoms with Gasteiger partial charge in [0.15, 0.2) is 0 Å². The first kappa shape index (κ1) is 21.6. The van der Waals surface area contributed by atoms with Crippen molar-refractivity contribution < 1.29 is 4.74 Å². The predicted molar refractivity (Wildman–Crippen MR) is 119 cm³/mol. The van der Waals surface area contributed by atoms with Gasteiger partial charge in [-0.15, -0.1) is 0 Å². The molecule has 1 unspecified atom stereocenters. The molecule has 1 aliphatic rings.